The Morgan fingerprint density at radius 2 is 1.69 bits per heavy atom. The first-order valence-corrected chi connectivity index (χ1v) is 11.1. The summed E-state index contributed by atoms with van der Waals surface area (Å²) in [7, 11) is -1.71. The predicted octanol–water partition coefficient (Wildman–Crippen LogP) is 2.95. The minimum Gasteiger partial charge on any atom is -0.426 e. The molecule has 0 spiro atoms. The SMILES string of the molecule is CC(C)C[C@H](NC(=O)[C@H](Cc1ccccc1)NC(=O)NCc1cccc(Cl)c1Cl)B(O)O. The van der Waals surface area contributed by atoms with Gasteiger partial charge in [-0.2, -0.15) is 0 Å². The summed E-state index contributed by atoms with van der Waals surface area (Å²) in [6, 6.07) is 12.8. The molecule has 0 radical (unpaired) electrons. The Hall–Kier alpha value is -2.26. The Balaban J connectivity index is 2.09. The number of urea groups is 1. The van der Waals surface area contributed by atoms with Crippen LogP contribution in [0.25, 0.3) is 0 Å². The molecule has 0 fully saturated rings. The van der Waals surface area contributed by atoms with E-state index in [0.717, 1.165) is 5.56 Å². The van der Waals surface area contributed by atoms with Crippen molar-refractivity contribution in [2.24, 2.45) is 5.92 Å². The Labute approximate surface area is 198 Å². The van der Waals surface area contributed by atoms with Crippen molar-refractivity contribution in [3.8, 4) is 0 Å². The van der Waals surface area contributed by atoms with Crippen molar-refractivity contribution in [2.75, 3.05) is 0 Å². The van der Waals surface area contributed by atoms with Crippen molar-refractivity contribution in [3.63, 3.8) is 0 Å². The molecule has 0 saturated carbocycles. The maximum atomic E-state index is 12.9. The van der Waals surface area contributed by atoms with Gasteiger partial charge in [-0.25, -0.2) is 4.79 Å². The number of amides is 3. The molecule has 2 aromatic rings. The zero-order valence-electron chi connectivity index (χ0n) is 18.0. The van der Waals surface area contributed by atoms with Crippen LogP contribution >= 0.6 is 23.2 Å². The third-order valence-corrected chi connectivity index (χ3v) is 5.65. The minimum atomic E-state index is -1.71. The van der Waals surface area contributed by atoms with E-state index < -0.39 is 31.0 Å². The van der Waals surface area contributed by atoms with Crippen LogP contribution < -0.4 is 16.0 Å². The Kier molecular flexibility index (Phi) is 10.3. The fraction of sp³-hybridized carbons (Fsp3) is 0.364. The lowest BCUT2D eigenvalue weighted by molar-refractivity contribution is -0.123. The molecule has 32 heavy (non-hydrogen) atoms. The molecule has 0 bridgehead atoms. The number of hydrogen-bond donors (Lipinski definition) is 5. The average molecular weight is 480 g/mol. The van der Waals surface area contributed by atoms with Crippen LogP contribution in [0.2, 0.25) is 10.0 Å². The molecule has 7 nitrogen and oxygen atoms in total. The highest BCUT2D eigenvalue weighted by atomic mass is 35.5. The summed E-state index contributed by atoms with van der Waals surface area (Å²) < 4.78 is 0. The van der Waals surface area contributed by atoms with E-state index in [4.69, 9.17) is 23.2 Å². The second-order valence-corrected chi connectivity index (χ2v) is 8.73. The van der Waals surface area contributed by atoms with Crippen LogP contribution in [-0.2, 0) is 17.8 Å². The van der Waals surface area contributed by atoms with Gasteiger partial charge >= 0.3 is 13.1 Å². The topological polar surface area (TPSA) is 111 Å². The van der Waals surface area contributed by atoms with Crippen molar-refractivity contribution < 1.29 is 19.6 Å². The number of carbonyl (C=O) groups is 2. The lowest BCUT2D eigenvalue weighted by Crippen LogP contribution is -2.56. The fourth-order valence-electron chi connectivity index (χ4n) is 3.18. The van der Waals surface area contributed by atoms with E-state index in [1.807, 2.05) is 44.2 Å². The van der Waals surface area contributed by atoms with Gasteiger partial charge < -0.3 is 26.0 Å². The monoisotopic (exact) mass is 479 g/mol. The van der Waals surface area contributed by atoms with Crippen LogP contribution in [0.5, 0.6) is 0 Å². The van der Waals surface area contributed by atoms with E-state index in [-0.39, 0.29) is 18.9 Å². The highest BCUT2D eigenvalue weighted by Gasteiger charge is 2.30. The summed E-state index contributed by atoms with van der Waals surface area (Å²) in [6.45, 7) is 3.95. The van der Waals surface area contributed by atoms with Crippen LogP contribution in [-0.4, -0.2) is 41.1 Å². The number of nitrogens with one attached hydrogen (secondary N) is 3. The maximum absolute atomic E-state index is 12.9. The highest BCUT2D eigenvalue weighted by Crippen LogP contribution is 2.25. The summed E-state index contributed by atoms with van der Waals surface area (Å²) >= 11 is 12.2. The largest absolute Gasteiger partial charge is 0.475 e. The first kappa shape index (κ1) is 26.0. The van der Waals surface area contributed by atoms with Crippen LogP contribution in [0.1, 0.15) is 31.4 Å². The molecule has 10 heteroatoms. The van der Waals surface area contributed by atoms with Gasteiger partial charge in [0.05, 0.1) is 16.0 Å². The van der Waals surface area contributed by atoms with E-state index in [0.29, 0.717) is 22.0 Å². The Morgan fingerprint density at radius 3 is 2.31 bits per heavy atom. The lowest BCUT2D eigenvalue weighted by Gasteiger charge is -2.24. The molecule has 2 atom stereocenters. The van der Waals surface area contributed by atoms with Crippen molar-refractivity contribution in [1.29, 1.82) is 0 Å². The minimum absolute atomic E-state index is 0.121. The van der Waals surface area contributed by atoms with Crippen molar-refractivity contribution in [3.05, 3.63) is 69.7 Å². The lowest BCUT2D eigenvalue weighted by atomic mass is 9.75. The second-order valence-electron chi connectivity index (χ2n) is 7.94. The van der Waals surface area contributed by atoms with Gasteiger partial charge in [-0.15, -0.1) is 0 Å². The Bertz CT molecular complexity index is 900. The smallest absolute Gasteiger partial charge is 0.426 e. The number of rotatable bonds is 10. The second kappa shape index (κ2) is 12.7. The molecule has 2 aromatic carbocycles. The first-order chi connectivity index (χ1) is 15.2. The van der Waals surface area contributed by atoms with Crippen LogP contribution in [0, 0.1) is 5.92 Å². The first-order valence-electron chi connectivity index (χ1n) is 10.3. The molecule has 0 aliphatic heterocycles. The number of hydrogen-bond acceptors (Lipinski definition) is 4. The molecule has 0 heterocycles. The molecule has 0 aliphatic rings. The van der Waals surface area contributed by atoms with Gasteiger partial charge in [0.1, 0.15) is 6.04 Å². The zero-order chi connectivity index (χ0) is 23.7. The molecule has 3 amide bonds. The average Bonchev–Trinajstić information content (AvgIpc) is 2.74. The van der Waals surface area contributed by atoms with Gasteiger partial charge in [0.2, 0.25) is 5.91 Å². The van der Waals surface area contributed by atoms with Crippen molar-refractivity contribution in [1.82, 2.24) is 16.0 Å². The van der Waals surface area contributed by atoms with Gasteiger partial charge in [0, 0.05) is 13.0 Å². The summed E-state index contributed by atoms with van der Waals surface area (Å²) in [6.07, 6.45) is 0.606. The normalized spacial score (nSPS) is 12.7. The van der Waals surface area contributed by atoms with E-state index in [1.165, 1.54) is 0 Å². The van der Waals surface area contributed by atoms with Gasteiger partial charge in [-0.05, 0) is 29.5 Å². The Morgan fingerprint density at radius 1 is 1.00 bits per heavy atom. The van der Waals surface area contributed by atoms with Crippen LogP contribution in [0.15, 0.2) is 48.5 Å². The summed E-state index contributed by atoms with van der Waals surface area (Å²) in [5, 5.41) is 28.0. The van der Waals surface area contributed by atoms with Crippen LogP contribution in [0.4, 0.5) is 4.79 Å². The standard InChI is InChI=1S/C22H28BCl2N3O4/c1-14(2)11-19(23(31)32)28-21(29)18(12-15-7-4-3-5-8-15)27-22(30)26-13-16-9-6-10-17(24)20(16)25/h3-10,14,18-19,31-32H,11-13H2,1-2H3,(H,28,29)(H2,26,27,30)/t18-,19-/m0/s1. The third kappa shape index (κ3) is 8.35. The van der Waals surface area contributed by atoms with E-state index in [2.05, 4.69) is 16.0 Å². The van der Waals surface area contributed by atoms with Gasteiger partial charge in [-0.3, -0.25) is 4.79 Å². The fourth-order valence-corrected chi connectivity index (χ4v) is 3.56. The predicted molar refractivity (Wildman–Crippen MR) is 127 cm³/mol. The highest BCUT2D eigenvalue weighted by molar-refractivity contribution is 6.43. The quantitative estimate of drug-likeness (QED) is 0.337. The number of carbonyl (C=O) groups excluding carboxylic acids is 2. The van der Waals surface area contributed by atoms with Gasteiger partial charge in [0.15, 0.2) is 0 Å². The summed E-state index contributed by atoms with van der Waals surface area (Å²) in [5.41, 5.74) is 1.48. The van der Waals surface area contributed by atoms with Gasteiger partial charge in [-0.1, -0.05) is 79.5 Å². The molecule has 0 saturated heterocycles. The van der Waals surface area contributed by atoms with E-state index >= 15 is 0 Å². The number of benzene rings is 2. The maximum Gasteiger partial charge on any atom is 0.475 e. The molecule has 0 unspecified atom stereocenters. The van der Waals surface area contributed by atoms with E-state index in [9.17, 15) is 19.6 Å². The molecular formula is C22H28BCl2N3O4. The zero-order valence-corrected chi connectivity index (χ0v) is 19.5. The summed E-state index contributed by atoms with van der Waals surface area (Å²) in [4.78, 5) is 25.5. The van der Waals surface area contributed by atoms with Crippen molar-refractivity contribution in [2.45, 2.75) is 45.2 Å². The molecule has 2 rings (SSSR count). The molecule has 0 aromatic heterocycles. The third-order valence-electron chi connectivity index (χ3n) is 4.79. The van der Waals surface area contributed by atoms with Crippen molar-refractivity contribution >= 4 is 42.3 Å². The van der Waals surface area contributed by atoms with Gasteiger partial charge in [0.25, 0.3) is 0 Å². The molecular weight excluding hydrogens is 452 g/mol. The summed E-state index contributed by atoms with van der Waals surface area (Å²) in [5.74, 6) is -1.23. The van der Waals surface area contributed by atoms with E-state index in [1.54, 1.807) is 18.2 Å². The molecule has 172 valence electrons. The number of halogens is 2. The van der Waals surface area contributed by atoms with Crippen LogP contribution in [0.3, 0.4) is 0 Å². The molecule has 5 N–H and O–H groups in total. The molecule has 0 aliphatic carbocycles.